The van der Waals surface area contributed by atoms with Crippen molar-refractivity contribution in [2.24, 2.45) is 4.99 Å². The number of hydrogen-bond acceptors (Lipinski definition) is 4. The summed E-state index contributed by atoms with van der Waals surface area (Å²) in [5.41, 5.74) is 0. The Morgan fingerprint density at radius 3 is 3.00 bits per heavy atom. The minimum Gasteiger partial charge on any atom is -0.379 e. The Morgan fingerprint density at radius 2 is 2.26 bits per heavy atom. The van der Waals surface area contributed by atoms with Crippen molar-refractivity contribution in [3.63, 3.8) is 0 Å². The first-order chi connectivity index (χ1) is 11.4. The molecule has 2 saturated heterocycles. The van der Waals surface area contributed by atoms with E-state index in [1.165, 1.54) is 11.3 Å². The summed E-state index contributed by atoms with van der Waals surface area (Å²) in [5, 5.41) is 5.60. The van der Waals surface area contributed by atoms with Crippen LogP contribution in [0.1, 0.15) is 18.2 Å². The van der Waals surface area contributed by atoms with E-state index in [1.807, 2.05) is 11.3 Å². The fourth-order valence-corrected chi connectivity index (χ4v) is 4.03. The molecule has 1 N–H and O–H groups in total. The Labute approximate surface area is 143 Å². The Kier molecular flexibility index (Phi) is 6.30. The van der Waals surface area contributed by atoms with Gasteiger partial charge in [0.05, 0.1) is 13.2 Å². The minimum absolute atomic E-state index is 0.653. The van der Waals surface area contributed by atoms with Crippen molar-refractivity contribution in [2.45, 2.75) is 25.8 Å². The van der Waals surface area contributed by atoms with Crippen molar-refractivity contribution in [2.75, 3.05) is 52.5 Å². The zero-order valence-electron chi connectivity index (χ0n) is 14.0. The fraction of sp³-hybridized carbons (Fsp3) is 0.706. The third kappa shape index (κ3) is 4.68. The van der Waals surface area contributed by atoms with Gasteiger partial charge in [0.1, 0.15) is 0 Å². The number of aliphatic imine (C=N–C) groups is 1. The average molecular weight is 337 g/mol. The SMILES string of the molecule is CCNC(=NCCc1cccs1)N1CCC(N2CCOCC2)C1. The van der Waals surface area contributed by atoms with Crippen molar-refractivity contribution in [3.8, 4) is 0 Å². The Bertz CT molecular complexity index is 485. The van der Waals surface area contributed by atoms with E-state index in [-0.39, 0.29) is 0 Å². The number of hydrogen-bond donors (Lipinski definition) is 1. The van der Waals surface area contributed by atoms with Crippen LogP contribution >= 0.6 is 11.3 Å². The van der Waals surface area contributed by atoms with Crippen molar-refractivity contribution in [3.05, 3.63) is 22.4 Å². The molecule has 0 amide bonds. The van der Waals surface area contributed by atoms with Crippen LogP contribution in [-0.4, -0.2) is 74.3 Å². The molecule has 5 nitrogen and oxygen atoms in total. The molecule has 1 unspecified atom stereocenters. The molecule has 0 aromatic carbocycles. The van der Waals surface area contributed by atoms with E-state index in [1.54, 1.807) is 0 Å². The lowest BCUT2D eigenvalue weighted by Gasteiger charge is -2.32. The van der Waals surface area contributed by atoms with Crippen LogP contribution in [0.15, 0.2) is 22.5 Å². The monoisotopic (exact) mass is 336 g/mol. The Morgan fingerprint density at radius 1 is 1.39 bits per heavy atom. The molecule has 3 rings (SSSR count). The van der Waals surface area contributed by atoms with E-state index in [2.05, 4.69) is 39.6 Å². The molecular formula is C17H28N4OS. The van der Waals surface area contributed by atoms with Crippen LogP contribution in [0.4, 0.5) is 0 Å². The van der Waals surface area contributed by atoms with Gasteiger partial charge in [0.15, 0.2) is 5.96 Å². The normalized spacial score (nSPS) is 23.4. The van der Waals surface area contributed by atoms with Crippen molar-refractivity contribution in [1.82, 2.24) is 15.1 Å². The Balaban J connectivity index is 1.53. The summed E-state index contributed by atoms with van der Waals surface area (Å²) in [6.07, 6.45) is 2.27. The quantitative estimate of drug-likeness (QED) is 0.656. The summed E-state index contributed by atoms with van der Waals surface area (Å²) in [6, 6.07) is 4.96. The zero-order valence-corrected chi connectivity index (χ0v) is 14.9. The van der Waals surface area contributed by atoms with Gasteiger partial charge in [-0.3, -0.25) is 9.89 Å². The molecule has 3 heterocycles. The molecule has 1 aromatic rings. The topological polar surface area (TPSA) is 40.1 Å². The van der Waals surface area contributed by atoms with Gasteiger partial charge >= 0.3 is 0 Å². The van der Waals surface area contributed by atoms with Gasteiger partial charge < -0.3 is 15.0 Å². The van der Waals surface area contributed by atoms with Crippen LogP contribution in [0.25, 0.3) is 0 Å². The summed E-state index contributed by atoms with van der Waals surface area (Å²) in [6.45, 7) is 10.0. The maximum Gasteiger partial charge on any atom is 0.193 e. The van der Waals surface area contributed by atoms with E-state index in [4.69, 9.17) is 9.73 Å². The maximum atomic E-state index is 5.47. The van der Waals surface area contributed by atoms with Gasteiger partial charge in [0.25, 0.3) is 0 Å². The van der Waals surface area contributed by atoms with Gasteiger partial charge in [-0.1, -0.05) is 6.07 Å². The molecular weight excluding hydrogens is 308 g/mol. The van der Waals surface area contributed by atoms with Gasteiger partial charge in [0, 0.05) is 56.6 Å². The molecule has 0 saturated carbocycles. The second-order valence-electron chi connectivity index (χ2n) is 6.10. The Hall–Kier alpha value is -1.11. The third-order valence-corrected chi connectivity index (χ3v) is 5.50. The summed E-state index contributed by atoms with van der Waals surface area (Å²) >= 11 is 1.82. The van der Waals surface area contributed by atoms with Gasteiger partial charge in [-0.25, -0.2) is 0 Å². The van der Waals surface area contributed by atoms with Crippen molar-refractivity contribution in [1.29, 1.82) is 0 Å². The third-order valence-electron chi connectivity index (χ3n) is 4.56. The van der Waals surface area contributed by atoms with Crippen LogP contribution in [0.3, 0.4) is 0 Å². The van der Waals surface area contributed by atoms with Crippen LogP contribution in [0, 0.1) is 0 Å². The first-order valence-electron chi connectivity index (χ1n) is 8.74. The van der Waals surface area contributed by atoms with Crippen LogP contribution in [-0.2, 0) is 11.2 Å². The molecule has 1 atom stereocenters. The number of rotatable bonds is 5. The van der Waals surface area contributed by atoms with Crippen molar-refractivity contribution >= 4 is 17.3 Å². The number of likely N-dealkylation sites (tertiary alicyclic amines) is 1. The molecule has 0 spiro atoms. The van der Waals surface area contributed by atoms with Gasteiger partial charge in [-0.05, 0) is 24.8 Å². The molecule has 0 radical (unpaired) electrons. The second kappa shape index (κ2) is 8.66. The average Bonchev–Trinajstić information content (AvgIpc) is 3.27. The number of ether oxygens (including phenoxy) is 1. The highest BCUT2D eigenvalue weighted by atomic mass is 32.1. The highest BCUT2D eigenvalue weighted by Crippen LogP contribution is 2.17. The van der Waals surface area contributed by atoms with E-state index in [0.29, 0.717) is 6.04 Å². The van der Waals surface area contributed by atoms with Gasteiger partial charge in [-0.2, -0.15) is 0 Å². The van der Waals surface area contributed by atoms with E-state index >= 15 is 0 Å². The smallest absolute Gasteiger partial charge is 0.193 e. The van der Waals surface area contributed by atoms with E-state index in [0.717, 1.165) is 64.9 Å². The van der Waals surface area contributed by atoms with E-state index < -0.39 is 0 Å². The predicted octanol–water partition coefficient (Wildman–Crippen LogP) is 1.66. The number of thiophene rings is 1. The van der Waals surface area contributed by atoms with Crippen LogP contribution in [0.5, 0.6) is 0 Å². The van der Waals surface area contributed by atoms with Gasteiger partial charge in [0.2, 0.25) is 0 Å². The molecule has 0 aliphatic carbocycles. The molecule has 6 heteroatoms. The largest absolute Gasteiger partial charge is 0.379 e. The lowest BCUT2D eigenvalue weighted by atomic mass is 10.2. The first-order valence-corrected chi connectivity index (χ1v) is 9.62. The number of guanidine groups is 1. The molecule has 23 heavy (non-hydrogen) atoms. The maximum absolute atomic E-state index is 5.47. The first kappa shape index (κ1) is 16.7. The number of nitrogens with zero attached hydrogens (tertiary/aromatic N) is 3. The highest BCUT2D eigenvalue weighted by molar-refractivity contribution is 7.09. The molecule has 1 aromatic heterocycles. The number of morpholine rings is 1. The summed E-state index contributed by atoms with van der Waals surface area (Å²) in [5.74, 6) is 1.08. The molecule has 128 valence electrons. The molecule has 2 fully saturated rings. The predicted molar refractivity (Wildman–Crippen MR) is 96.4 cm³/mol. The highest BCUT2D eigenvalue weighted by Gasteiger charge is 2.30. The summed E-state index contributed by atoms with van der Waals surface area (Å²) in [4.78, 5) is 11.3. The molecule has 2 aliphatic heterocycles. The zero-order chi connectivity index (χ0) is 15.9. The molecule has 0 bridgehead atoms. The fourth-order valence-electron chi connectivity index (χ4n) is 3.33. The summed E-state index contributed by atoms with van der Waals surface area (Å²) in [7, 11) is 0. The molecule has 2 aliphatic rings. The van der Waals surface area contributed by atoms with Crippen LogP contribution in [0.2, 0.25) is 0 Å². The minimum atomic E-state index is 0.653. The lowest BCUT2D eigenvalue weighted by Crippen LogP contribution is -2.46. The van der Waals surface area contributed by atoms with Crippen LogP contribution < -0.4 is 5.32 Å². The lowest BCUT2D eigenvalue weighted by molar-refractivity contribution is 0.0195. The summed E-state index contributed by atoms with van der Waals surface area (Å²) < 4.78 is 5.47. The van der Waals surface area contributed by atoms with E-state index in [9.17, 15) is 0 Å². The standard InChI is InChI=1S/C17H28N4OS/c1-2-18-17(19-7-5-16-4-3-13-23-16)21-8-6-15(14-21)20-9-11-22-12-10-20/h3-4,13,15H,2,5-12,14H2,1H3,(H,18,19). The van der Waals surface area contributed by atoms with Gasteiger partial charge in [-0.15, -0.1) is 11.3 Å². The van der Waals surface area contributed by atoms with Crippen molar-refractivity contribution < 1.29 is 4.74 Å². The second-order valence-corrected chi connectivity index (χ2v) is 7.13. The number of nitrogens with one attached hydrogen (secondary N) is 1.